The summed E-state index contributed by atoms with van der Waals surface area (Å²) in [6, 6.07) is 15.2. The molecule has 4 nitrogen and oxygen atoms in total. The molecule has 2 aromatic rings. The van der Waals surface area contributed by atoms with Gasteiger partial charge in [-0.3, -0.25) is 9.59 Å². The number of carbonyl (C=O) groups is 2. The van der Waals surface area contributed by atoms with E-state index in [1.165, 1.54) is 5.56 Å². The number of anilines is 2. The molecule has 1 atom stereocenters. The zero-order valence-corrected chi connectivity index (χ0v) is 15.6. The van der Waals surface area contributed by atoms with Gasteiger partial charge in [-0.05, 0) is 42.7 Å². The van der Waals surface area contributed by atoms with Crippen LogP contribution in [0.1, 0.15) is 31.7 Å². The summed E-state index contributed by atoms with van der Waals surface area (Å²) in [5, 5.41) is 3.32. The van der Waals surface area contributed by atoms with Gasteiger partial charge in [-0.25, -0.2) is 0 Å². The second-order valence-corrected chi connectivity index (χ2v) is 7.05. The first-order valence-corrected chi connectivity index (χ1v) is 9.41. The fourth-order valence-electron chi connectivity index (χ4n) is 3.15. The number of amides is 2. The van der Waals surface area contributed by atoms with E-state index < -0.39 is 0 Å². The number of benzene rings is 2. The number of carbonyl (C=O) groups excluding carboxylic acids is 2. The maximum absolute atomic E-state index is 12.5. The van der Waals surface area contributed by atoms with Gasteiger partial charge in [0.1, 0.15) is 0 Å². The minimum atomic E-state index is -0.376. The number of hydrogen-bond acceptors (Lipinski definition) is 2. The molecular weight excluding hydrogens is 348 g/mol. The average molecular weight is 371 g/mol. The summed E-state index contributed by atoms with van der Waals surface area (Å²) in [5.41, 5.74) is 2.70. The predicted molar refractivity (Wildman–Crippen MR) is 106 cm³/mol. The van der Waals surface area contributed by atoms with Gasteiger partial charge in [0.2, 0.25) is 11.8 Å². The van der Waals surface area contributed by atoms with Crippen molar-refractivity contribution in [2.24, 2.45) is 5.92 Å². The van der Waals surface area contributed by atoms with Crippen LogP contribution in [-0.2, 0) is 16.0 Å². The van der Waals surface area contributed by atoms with Gasteiger partial charge >= 0.3 is 0 Å². The van der Waals surface area contributed by atoms with Gasteiger partial charge in [0, 0.05) is 18.7 Å². The average Bonchev–Trinajstić information content (AvgIpc) is 3.04. The van der Waals surface area contributed by atoms with Crippen LogP contribution in [0.3, 0.4) is 0 Å². The molecule has 1 aliphatic rings. The predicted octanol–water partition coefficient (Wildman–Crippen LogP) is 4.67. The third-order valence-electron chi connectivity index (χ3n) is 4.69. The van der Waals surface area contributed by atoms with E-state index in [0.717, 1.165) is 24.9 Å². The highest BCUT2D eigenvalue weighted by atomic mass is 35.5. The number of para-hydroxylation sites is 1. The van der Waals surface area contributed by atoms with Gasteiger partial charge in [0.15, 0.2) is 0 Å². The number of aryl methyl sites for hydroxylation is 1. The molecular formula is C21H23ClN2O2. The van der Waals surface area contributed by atoms with Gasteiger partial charge in [0.05, 0.1) is 16.6 Å². The smallest absolute Gasteiger partial charge is 0.229 e. The Kier molecular flexibility index (Phi) is 5.94. The Morgan fingerprint density at radius 1 is 1.19 bits per heavy atom. The summed E-state index contributed by atoms with van der Waals surface area (Å²) in [7, 11) is 0. The number of rotatable bonds is 6. The van der Waals surface area contributed by atoms with Crippen molar-refractivity contribution in [2.75, 3.05) is 16.8 Å². The van der Waals surface area contributed by atoms with Crippen molar-refractivity contribution in [2.45, 2.75) is 32.6 Å². The van der Waals surface area contributed by atoms with Gasteiger partial charge < -0.3 is 10.2 Å². The van der Waals surface area contributed by atoms with Crippen molar-refractivity contribution in [1.82, 2.24) is 0 Å². The standard InChI is InChI=1S/C21H23ClN2O2/c1-2-3-6-15-9-11-17(12-10-15)24-14-16(13-20(24)25)21(26)23-19-8-5-4-7-18(19)22/h4-5,7-12,16H,2-3,6,13-14H2,1H3,(H,23,26)/t16-/m1/s1. The van der Waals surface area contributed by atoms with E-state index in [1.54, 1.807) is 17.0 Å². The topological polar surface area (TPSA) is 49.4 Å². The van der Waals surface area contributed by atoms with E-state index in [1.807, 2.05) is 24.3 Å². The highest BCUT2D eigenvalue weighted by Crippen LogP contribution is 2.28. The fraction of sp³-hybridized carbons (Fsp3) is 0.333. The number of halogens is 1. The maximum Gasteiger partial charge on any atom is 0.229 e. The first-order valence-electron chi connectivity index (χ1n) is 9.03. The van der Waals surface area contributed by atoms with Crippen LogP contribution in [0.25, 0.3) is 0 Å². The lowest BCUT2D eigenvalue weighted by Gasteiger charge is -2.17. The normalized spacial score (nSPS) is 16.8. The van der Waals surface area contributed by atoms with E-state index in [4.69, 9.17) is 11.6 Å². The van der Waals surface area contributed by atoms with Crippen LogP contribution in [0, 0.1) is 5.92 Å². The van der Waals surface area contributed by atoms with Crippen LogP contribution in [0.5, 0.6) is 0 Å². The van der Waals surface area contributed by atoms with Crippen molar-refractivity contribution in [3.63, 3.8) is 0 Å². The summed E-state index contributed by atoms with van der Waals surface area (Å²) >= 11 is 6.09. The third kappa shape index (κ3) is 4.25. The van der Waals surface area contributed by atoms with E-state index in [-0.39, 0.29) is 24.2 Å². The first kappa shape index (κ1) is 18.5. The lowest BCUT2D eigenvalue weighted by molar-refractivity contribution is -0.122. The minimum Gasteiger partial charge on any atom is -0.324 e. The molecule has 0 unspecified atom stereocenters. The monoisotopic (exact) mass is 370 g/mol. The van der Waals surface area contributed by atoms with Crippen molar-refractivity contribution in [3.8, 4) is 0 Å². The SMILES string of the molecule is CCCCc1ccc(N2C[C@H](C(=O)Nc3ccccc3Cl)CC2=O)cc1. The molecule has 2 aromatic carbocycles. The second kappa shape index (κ2) is 8.37. The van der Waals surface area contributed by atoms with Crippen LogP contribution in [0.15, 0.2) is 48.5 Å². The maximum atomic E-state index is 12.5. The second-order valence-electron chi connectivity index (χ2n) is 6.64. The zero-order chi connectivity index (χ0) is 18.5. The van der Waals surface area contributed by atoms with Crippen LogP contribution in [0.2, 0.25) is 5.02 Å². The summed E-state index contributed by atoms with van der Waals surface area (Å²) in [5.74, 6) is -0.572. The minimum absolute atomic E-state index is 0.0226. The highest BCUT2D eigenvalue weighted by Gasteiger charge is 2.35. The highest BCUT2D eigenvalue weighted by molar-refractivity contribution is 6.33. The summed E-state index contributed by atoms with van der Waals surface area (Å²) in [6.07, 6.45) is 3.59. The van der Waals surface area contributed by atoms with E-state index in [0.29, 0.717) is 17.3 Å². The third-order valence-corrected chi connectivity index (χ3v) is 5.02. The van der Waals surface area contributed by atoms with E-state index >= 15 is 0 Å². The van der Waals surface area contributed by atoms with E-state index in [9.17, 15) is 9.59 Å². The molecule has 0 aromatic heterocycles. The Morgan fingerprint density at radius 2 is 1.92 bits per heavy atom. The summed E-state index contributed by atoms with van der Waals surface area (Å²) in [4.78, 5) is 26.6. The molecule has 136 valence electrons. The van der Waals surface area contributed by atoms with Crippen molar-refractivity contribution in [3.05, 3.63) is 59.1 Å². The molecule has 5 heteroatoms. The largest absolute Gasteiger partial charge is 0.324 e. The van der Waals surface area contributed by atoms with Gasteiger partial charge in [-0.15, -0.1) is 0 Å². The summed E-state index contributed by atoms with van der Waals surface area (Å²) < 4.78 is 0. The van der Waals surface area contributed by atoms with Crippen LogP contribution in [0.4, 0.5) is 11.4 Å². The Balaban J connectivity index is 1.64. The first-order chi connectivity index (χ1) is 12.6. The van der Waals surface area contributed by atoms with Crippen molar-refractivity contribution < 1.29 is 9.59 Å². The molecule has 0 bridgehead atoms. The molecule has 1 heterocycles. The Morgan fingerprint density at radius 3 is 2.62 bits per heavy atom. The fourth-order valence-corrected chi connectivity index (χ4v) is 3.34. The van der Waals surface area contributed by atoms with Gasteiger partial charge in [0.25, 0.3) is 0 Å². The lowest BCUT2D eigenvalue weighted by Crippen LogP contribution is -2.28. The van der Waals surface area contributed by atoms with Crippen LogP contribution >= 0.6 is 11.6 Å². The zero-order valence-electron chi connectivity index (χ0n) is 14.9. The molecule has 26 heavy (non-hydrogen) atoms. The lowest BCUT2D eigenvalue weighted by atomic mass is 10.1. The molecule has 1 N–H and O–H groups in total. The molecule has 2 amide bonds. The molecule has 0 radical (unpaired) electrons. The molecule has 1 fully saturated rings. The van der Waals surface area contributed by atoms with Crippen LogP contribution in [-0.4, -0.2) is 18.4 Å². The Bertz CT molecular complexity index is 789. The van der Waals surface area contributed by atoms with E-state index in [2.05, 4.69) is 24.4 Å². The number of hydrogen-bond donors (Lipinski definition) is 1. The quantitative estimate of drug-likeness (QED) is 0.802. The Hall–Kier alpha value is -2.33. The van der Waals surface area contributed by atoms with Crippen molar-refractivity contribution in [1.29, 1.82) is 0 Å². The molecule has 0 saturated carbocycles. The molecule has 1 aliphatic heterocycles. The number of nitrogens with one attached hydrogen (secondary N) is 1. The number of nitrogens with zero attached hydrogens (tertiary/aromatic N) is 1. The van der Waals surface area contributed by atoms with Gasteiger partial charge in [-0.2, -0.15) is 0 Å². The van der Waals surface area contributed by atoms with Crippen molar-refractivity contribution >= 4 is 34.8 Å². The molecule has 1 saturated heterocycles. The van der Waals surface area contributed by atoms with Gasteiger partial charge in [-0.1, -0.05) is 49.2 Å². The summed E-state index contributed by atoms with van der Waals surface area (Å²) in [6.45, 7) is 2.56. The Labute approximate surface area is 159 Å². The molecule has 0 aliphatic carbocycles. The number of unbranched alkanes of at least 4 members (excludes halogenated alkanes) is 1. The molecule has 0 spiro atoms. The molecule has 3 rings (SSSR count). The van der Waals surface area contributed by atoms with Crippen LogP contribution < -0.4 is 10.2 Å².